The van der Waals surface area contributed by atoms with Crippen LogP contribution in [0.25, 0.3) is 0 Å². The molecule has 0 radical (unpaired) electrons. The molecular formula is C25H26F4N6O2. The number of alkyl halides is 3. The summed E-state index contributed by atoms with van der Waals surface area (Å²) in [5.41, 5.74) is 6.30. The third-order valence-electron chi connectivity index (χ3n) is 5.67. The van der Waals surface area contributed by atoms with Gasteiger partial charge in [-0.2, -0.15) is 18.2 Å². The minimum atomic E-state index is -4.45. The Bertz CT molecular complexity index is 1250. The van der Waals surface area contributed by atoms with Crippen molar-refractivity contribution in [3.05, 3.63) is 71.2 Å². The van der Waals surface area contributed by atoms with Crippen molar-refractivity contribution < 1.29 is 27.1 Å². The molecule has 1 aliphatic rings. The second-order valence-corrected chi connectivity index (χ2v) is 8.37. The maximum absolute atomic E-state index is 14.2. The van der Waals surface area contributed by atoms with Gasteiger partial charge in [0.25, 0.3) is 5.91 Å². The lowest BCUT2D eigenvalue weighted by atomic mass is 10.0. The largest absolute Gasteiger partial charge is 0.416 e. The molecule has 8 nitrogen and oxygen atoms in total. The van der Waals surface area contributed by atoms with Gasteiger partial charge < -0.3 is 15.0 Å². The lowest BCUT2D eigenvalue weighted by Gasteiger charge is -2.28. The Labute approximate surface area is 211 Å². The van der Waals surface area contributed by atoms with E-state index in [4.69, 9.17) is 4.74 Å². The van der Waals surface area contributed by atoms with Crippen molar-refractivity contribution in [1.29, 1.82) is 0 Å². The molecule has 0 spiro atoms. The predicted molar refractivity (Wildman–Crippen MR) is 131 cm³/mol. The molecule has 0 aliphatic carbocycles. The zero-order valence-corrected chi connectivity index (χ0v) is 20.0. The van der Waals surface area contributed by atoms with E-state index in [1.54, 1.807) is 23.1 Å². The second-order valence-electron chi connectivity index (χ2n) is 8.37. The molecule has 1 aromatic heterocycles. The van der Waals surface area contributed by atoms with Crippen LogP contribution >= 0.6 is 0 Å². The fourth-order valence-electron chi connectivity index (χ4n) is 3.90. The minimum Gasteiger partial charge on any atom is -0.378 e. The Morgan fingerprint density at radius 1 is 1.11 bits per heavy atom. The zero-order valence-electron chi connectivity index (χ0n) is 20.0. The fourth-order valence-corrected chi connectivity index (χ4v) is 3.90. The summed E-state index contributed by atoms with van der Waals surface area (Å²) in [7, 11) is 0. The van der Waals surface area contributed by atoms with E-state index in [0.29, 0.717) is 49.5 Å². The molecule has 1 saturated heterocycles. The van der Waals surface area contributed by atoms with Crippen molar-refractivity contribution in [3.63, 3.8) is 0 Å². The Kier molecular flexibility index (Phi) is 8.07. The highest BCUT2D eigenvalue weighted by atomic mass is 19.4. The van der Waals surface area contributed by atoms with Crippen LogP contribution < -0.4 is 21.1 Å². The van der Waals surface area contributed by atoms with Crippen LogP contribution in [0, 0.1) is 5.82 Å². The average Bonchev–Trinajstić information content (AvgIpc) is 2.88. The lowest BCUT2D eigenvalue weighted by molar-refractivity contribution is -0.137. The highest BCUT2D eigenvalue weighted by molar-refractivity contribution is 5.96. The number of morpholine rings is 1. The number of ether oxygens (including phenoxy) is 1. The number of halogens is 4. The summed E-state index contributed by atoms with van der Waals surface area (Å²) in [5.74, 6) is -0.898. The van der Waals surface area contributed by atoms with Crippen LogP contribution in [-0.4, -0.2) is 42.2 Å². The Hall–Kier alpha value is -3.93. The van der Waals surface area contributed by atoms with Gasteiger partial charge >= 0.3 is 6.18 Å². The average molecular weight is 519 g/mol. The van der Waals surface area contributed by atoms with Crippen LogP contribution in [0.15, 0.2) is 48.7 Å². The quantitative estimate of drug-likeness (QED) is 0.288. The standard InChI is InChI=1S/C25H26F4N6O2/c1-2-4-16-13-19(31-18-6-3-5-17(14-18)25(27,28)29)7-8-20(16)23(36)33-34-24-30-15-21(26)22(32-24)35-9-11-37-12-10-35/h3,5-8,13-15,31H,2,4,9-12H2,1H3,(H,33,36)(H,30,32,34). The van der Waals surface area contributed by atoms with Gasteiger partial charge in [-0.1, -0.05) is 19.4 Å². The van der Waals surface area contributed by atoms with E-state index in [-0.39, 0.29) is 17.5 Å². The molecular weight excluding hydrogens is 492 g/mol. The molecule has 2 heterocycles. The van der Waals surface area contributed by atoms with Crippen LogP contribution in [-0.2, 0) is 17.3 Å². The van der Waals surface area contributed by atoms with E-state index in [2.05, 4.69) is 26.1 Å². The Morgan fingerprint density at radius 2 is 1.86 bits per heavy atom. The van der Waals surface area contributed by atoms with Gasteiger partial charge in [-0.05, 0) is 48.4 Å². The van der Waals surface area contributed by atoms with Gasteiger partial charge in [0.1, 0.15) is 0 Å². The number of hydrazine groups is 1. The highest BCUT2D eigenvalue weighted by Crippen LogP contribution is 2.31. The number of aryl methyl sites for hydroxylation is 1. The molecule has 2 aromatic carbocycles. The lowest BCUT2D eigenvalue weighted by Crippen LogP contribution is -2.38. The summed E-state index contributed by atoms with van der Waals surface area (Å²) in [6.07, 6.45) is -2.11. The molecule has 4 rings (SSSR count). The normalized spacial score (nSPS) is 13.8. The summed E-state index contributed by atoms with van der Waals surface area (Å²) >= 11 is 0. The molecule has 37 heavy (non-hydrogen) atoms. The molecule has 0 atom stereocenters. The van der Waals surface area contributed by atoms with Crippen LogP contribution in [0.4, 0.5) is 40.7 Å². The van der Waals surface area contributed by atoms with Gasteiger partial charge in [-0.15, -0.1) is 0 Å². The first-order valence-electron chi connectivity index (χ1n) is 11.7. The third kappa shape index (κ3) is 6.64. The SMILES string of the molecule is CCCc1cc(Nc2cccc(C(F)(F)F)c2)ccc1C(=O)NNc1ncc(F)c(N2CCOCC2)n1. The van der Waals surface area contributed by atoms with Crippen molar-refractivity contribution in [1.82, 2.24) is 15.4 Å². The number of amides is 1. The number of carbonyl (C=O) groups is 1. The maximum atomic E-state index is 14.2. The number of nitrogens with zero attached hydrogens (tertiary/aromatic N) is 3. The molecule has 12 heteroatoms. The maximum Gasteiger partial charge on any atom is 0.416 e. The number of carbonyl (C=O) groups excluding carboxylic acids is 1. The van der Waals surface area contributed by atoms with Gasteiger partial charge in [0.05, 0.1) is 25.0 Å². The summed E-state index contributed by atoms with van der Waals surface area (Å²) in [4.78, 5) is 22.7. The highest BCUT2D eigenvalue weighted by Gasteiger charge is 2.30. The number of hydrogen-bond donors (Lipinski definition) is 3. The van der Waals surface area contributed by atoms with Crippen LogP contribution in [0.2, 0.25) is 0 Å². The van der Waals surface area contributed by atoms with Crippen LogP contribution in [0.1, 0.15) is 34.8 Å². The van der Waals surface area contributed by atoms with Crippen LogP contribution in [0.3, 0.4) is 0 Å². The van der Waals surface area contributed by atoms with Crippen LogP contribution in [0.5, 0.6) is 0 Å². The molecule has 196 valence electrons. The number of rotatable bonds is 8. The summed E-state index contributed by atoms with van der Waals surface area (Å²) in [6.45, 7) is 3.85. The predicted octanol–water partition coefficient (Wildman–Crippen LogP) is 4.92. The van der Waals surface area contributed by atoms with Gasteiger partial charge in [0.15, 0.2) is 11.6 Å². The molecule has 1 amide bonds. The van der Waals surface area contributed by atoms with Crippen molar-refractivity contribution in [2.24, 2.45) is 0 Å². The molecule has 3 aromatic rings. The second kappa shape index (κ2) is 11.4. The fraction of sp³-hybridized carbons (Fsp3) is 0.320. The summed E-state index contributed by atoms with van der Waals surface area (Å²) in [5, 5.41) is 2.97. The first-order valence-corrected chi connectivity index (χ1v) is 11.7. The number of anilines is 4. The van der Waals surface area contributed by atoms with E-state index < -0.39 is 23.5 Å². The third-order valence-corrected chi connectivity index (χ3v) is 5.67. The summed E-state index contributed by atoms with van der Waals surface area (Å²) in [6, 6.07) is 9.81. The van der Waals surface area contributed by atoms with E-state index in [1.807, 2.05) is 6.92 Å². The smallest absolute Gasteiger partial charge is 0.378 e. The molecule has 1 aliphatic heterocycles. The van der Waals surface area contributed by atoms with E-state index >= 15 is 0 Å². The van der Waals surface area contributed by atoms with Crippen molar-refractivity contribution in [3.8, 4) is 0 Å². The molecule has 0 bridgehead atoms. The Morgan fingerprint density at radius 3 is 2.59 bits per heavy atom. The molecule has 3 N–H and O–H groups in total. The first-order chi connectivity index (χ1) is 17.7. The number of hydrogen-bond acceptors (Lipinski definition) is 7. The summed E-state index contributed by atoms with van der Waals surface area (Å²) < 4.78 is 58.6. The molecule has 1 fully saturated rings. The van der Waals surface area contributed by atoms with Gasteiger partial charge in [-0.25, -0.2) is 9.37 Å². The van der Waals surface area contributed by atoms with E-state index in [0.717, 1.165) is 24.8 Å². The topological polar surface area (TPSA) is 91.4 Å². The zero-order chi connectivity index (χ0) is 26.4. The Balaban J connectivity index is 1.46. The minimum absolute atomic E-state index is 0.0242. The van der Waals surface area contributed by atoms with Crippen molar-refractivity contribution >= 4 is 29.0 Å². The number of nitrogens with one attached hydrogen (secondary N) is 3. The van der Waals surface area contributed by atoms with Gasteiger partial charge in [0.2, 0.25) is 5.95 Å². The van der Waals surface area contributed by atoms with E-state index in [1.165, 1.54) is 12.1 Å². The van der Waals surface area contributed by atoms with Crippen molar-refractivity contribution in [2.75, 3.05) is 41.9 Å². The molecule has 0 unspecified atom stereocenters. The number of aromatic nitrogens is 2. The van der Waals surface area contributed by atoms with Gasteiger partial charge in [-0.3, -0.25) is 15.6 Å². The first kappa shape index (κ1) is 26.1. The van der Waals surface area contributed by atoms with Crippen molar-refractivity contribution in [2.45, 2.75) is 25.9 Å². The monoisotopic (exact) mass is 518 g/mol. The number of benzene rings is 2. The van der Waals surface area contributed by atoms with E-state index in [9.17, 15) is 22.4 Å². The van der Waals surface area contributed by atoms with Gasteiger partial charge in [0, 0.05) is 30.0 Å². The molecule has 0 saturated carbocycles.